The van der Waals surface area contributed by atoms with Crippen molar-refractivity contribution < 1.29 is 4.52 Å². The minimum absolute atomic E-state index is 0.517. The van der Waals surface area contributed by atoms with Gasteiger partial charge in [-0.05, 0) is 19.8 Å². The van der Waals surface area contributed by atoms with Gasteiger partial charge in [-0.1, -0.05) is 13.8 Å². The van der Waals surface area contributed by atoms with Crippen molar-refractivity contribution in [2.45, 2.75) is 26.3 Å². The Kier molecular flexibility index (Phi) is 3.44. The largest absolute Gasteiger partial charge is 0.714 e. The molecule has 10 heavy (non-hydrogen) atoms. The molecule has 1 rings (SSSR count). The zero-order chi connectivity index (χ0) is 7.56. The van der Waals surface area contributed by atoms with Gasteiger partial charge in [-0.15, -0.1) is 0 Å². The highest BCUT2D eigenvalue weighted by Gasteiger charge is 2.17. The van der Waals surface area contributed by atoms with Crippen molar-refractivity contribution in [1.29, 1.82) is 0 Å². The first kappa shape index (κ1) is 8.79. The summed E-state index contributed by atoms with van der Waals surface area (Å²) in [5.41, 5.74) is 0. The molecule has 0 bridgehead atoms. The molecule has 1 aliphatic rings. The molecule has 2 unspecified atom stereocenters. The summed E-state index contributed by atoms with van der Waals surface area (Å²) in [6.07, 6.45) is 1.18. The maximum absolute atomic E-state index is 5.23. The van der Waals surface area contributed by atoms with Gasteiger partial charge in [-0.3, -0.25) is 5.09 Å². The number of hydrogen-bond acceptors (Lipinski definition) is 3. The quantitative estimate of drug-likeness (QED) is 0.514. The topological polar surface area (TPSA) is 21.3 Å². The summed E-state index contributed by atoms with van der Waals surface area (Å²) in [5, 5.41) is 3.24. The minimum Gasteiger partial charge on any atom is -0.714 e. The minimum atomic E-state index is -0.702. The van der Waals surface area contributed by atoms with Crippen LogP contribution < -0.4 is 5.09 Å². The molecular formula is C6H13NOPS-. The van der Waals surface area contributed by atoms with Crippen LogP contribution in [0, 0.1) is 5.92 Å². The van der Waals surface area contributed by atoms with Gasteiger partial charge in [0.15, 0.2) is 0 Å². The van der Waals surface area contributed by atoms with E-state index in [1.165, 1.54) is 6.42 Å². The molecule has 0 spiro atoms. The Hall–Kier alpha value is 0.700. The van der Waals surface area contributed by atoms with Gasteiger partial charge in [0.2, 0.25) is 0 Å². The summed E-state index contributed by atoms with van der Waals surface area (Å²) in [4.78, 5) is 0. The summed E-state index contributed by atoms with van der Waals surface area (Å²) in [7, 11) is -0.702. The van der Waals surface area contributed by atoms with Gasteiger partial charge in [0.05, 0.1) is 6.61 Å². The average Bonchev–Trinajstić information content (AvgIpc) is 2.13. The van der Waals surface area contributed by atoms with Gasteiger partial charge < -0.3 is 16.8 Å². The third-order valence-electron chi connectivity index (χ3n) is 1.44. The lowest BCUT2D eigenvalue weighted by Crippen LogP contribution is -2.22. The van der Waals surface area contributed by atoms with E-state index in [2.05, 4.69) is 18.9 Å². The Balaban J connectivity index is 2.18. The van der Waals surface area contributed by atoms with Crippen LogP contribution in [0.25, 0.3) is 0 Å². The van der Waals surface area contributed by atoms with Crippen LogP contribution in [0.5, 0.6) is 0 Å². The van der Waals surface area contributed by atoms with E-state index in [1.54, 1.807) is 0 Å². The van der Waals surface area contributed by atoms with E-state index in [9.17, 15) is 0 Å². The van der Waals surface area contributed by atoms with Crippen LogP contribution in [0.3, 0.4) is 0 Å². The van der Waals surface area contributed by atoms with Gasteiger partial charge >= 0.3 is 0 Å². The van der Waals surface area contributed by atoms with Crippen molar-refractivity contribution in [3.8, 4) is 0 Å². The van der Waals surface area contributed by atoms with Crippen LogP contribution in [0.4, 0.5) is 0 Å². The fraction of sp³-hybridized carbons (Fsp3) is 1.00. The first-order valence-electron chi connectivity index (χ1n) is 3.55. The summed E-state index contributed by atoms with van der Waals surface area (Å²) in [5.74, 6) is 0.734. The molecule has 0 aliphatic carbocycles. The predicted molar refractivity (Wildman–Crippen MR) is 46.6 cm³/mol. The van der Waals surface area contributed by atoms with Crippen LogP contribution >= 0.6 is 7.50 Å². The zero-order valence-electron chi connectivity index (χ0n) is 6.33. The van der Waals surface area contributed by atoms with Crippen LogP contribution in [-0.4, -0.2) is 12.6 Å². The summed E-state index contributed by atoms with van der Waals surface area (Å²) >= 11 is 4.96. The number of nitrogens with one attached hydrogen (secondary N) is 1. The molecule has 1 aliphatic heterocycles. The molecule has 2 atom stereocenters. The normalized spacial score (nSPS) is 33.6. The molecule has 0 aromatic heterocycles. The second-order valence-corrected chi connectivity index (χ2v) is 5.03. The first-order valence-corrected chi connectivity index (χ1v) is 5.82. The molecule has 0 aromatic carbocycles. The molecule has 60 valence electrons. The van der Waals surface area contributed by atoms with Gasteiger partial charge in [0.25, 0.3) is 0 Å². The molecule has 1 N–H and O–H groups in total. The predicted octanol–water partition coefficient (Wildman–Crippen LogP) is 1.79. The Morgan fingerprint density at radius 2 is 2.50 bits per heavy atom. The van der Waals surface area contributed by atoms with E-state index < -0.39 is 7.50 Å². The number of rotatable bonds is 2. The van der Waals surface area contributed by atoms with E-state index in [0.29, 0.717) is 6.04 Å². The highest BCUT2D eigenvalue weighted by molar-refractivity contribution is 8.30. The Bertz CT molecular complexity index is 112. The molecular weight excluding hydrogens is 165 g/mol. The third-order valence-corrected chi connectivity index (χ3v) is 3.03. The van der Waals surface area contributed by atoms with Crippen LogP contribution in [0.1, 0.15) is 20.3 Å². The van der Waals surface area contributed by atoms with Crippen molar-refractivity contribution in [2.24, 2.45) is 5.92 Å². The third kappa shape index (κ3) is 2.75. The molecule has 1 saturated heterocycles. The average molecular weight is 178 g/mol. The van der Waals surface area contributed by atoms with E-state index >= 15 is 0 Å². The van der Waals surface area contributed by atoms with E-state index in [0.717, 1.165) is 12.5 Å². The summed E-state index contributed by atoms with van der Waals surface area (Å²) in [6.45, 7) is 5.24. The number of hydrogen-bond donors (Lipinski definition) is 1. The standard InChI is InChI=1S/C6H13NOPS/c1-5(2)3-6-4-8-9(10)7-6/h5-7H,3-4H2,1-2H3/q-1. The molecule has 1 fully saturated rings. The van der Waals surface area contributed by atoms with Gasteiger partial charge in [0.1, 0.15) is 0 Å². The van der Waals surface area contributed by atoms with Crippen LogP contribution in [0.2, 0.25) is 0 Å². The lowest BCUT2D eigenvalue weighted by Gasteiger charge is -2.16. The van der Waals surface area contributed by atoms with Gasteiger partial charge in [-0.2, -0.15) is 0 Å². The summed E-state index contributed by atoms with van der Waals surface area (Å²) in [6, 6.07) is 0.517. The molecule has 4 heteroatoms. The fourth-order valence-corrected chi connectivity index (χ4v) is 2.57. The highest BCUT2D eigenvalue weighted by Crippen LogP contribution is 2.36. The maximum Gasteiger partial charge on any atom is 0.0657 e. The van der Waals surface area contributed by atoms with Crippen LogP contribution in [0.15, 0.2) is 0 Å². The van der Waals surface area contributed by atoms with Gasteiger partial charge in [-0.25, -0.2) is 0 Å². The van der Waals surface area contributed by atoms with Gasteiger partial charge in [0, 0.05) is 6.04 Å². The Morgan fingerprint density at radius 1 is 1.80 bits per heavy atom. The summed E-state index contributed by atoms with van der Waals surface area (Å²) < 4.78 is 5.23. The molecule has 0 aromatic rings. The monoisotopic (exact) mass is 178 g/mol. The lowest BCUT2D eigenvalue weighted by atomic mass is 10.1. The van der Waals surface area contributed by atoms with Crippen molar-refractivity contribution in [2.75, 3.05) is 6.61 Å². The second kappa shape index (κ2) is 3.91. The van der Waals surface area contributed by atoms with E-state index in [-0.39, 0.29) is 0 Å². The Labute approximate surface area is 68.8 Å². The van der Waals surface area contributed by atoms with Crippen molar-refractivity contribution in [3.05, 3.63) is 0 Å². The molecule has 0 amide bonds. The zero-order valence-corrected chi connectivity index (χ0v) is 8.04. The van der Waals surface area contributed by atoms with Crippen molar-refractivity contribution in [3.63, 3.8) is 0 Å². The second-order valence-electron chi connectivity index (χ2n) is 3.01. The highest BCUT2D eigenvalue weighted by atomic mass is 32.7. The lowest BCUT2D eigenvalue weighted by molar-refractivity contribution is 0.337. The molecule has 2 nitrogen and oxygen atoms in total. The van der Waals surface area contributed by atoms with E-state index in [1.807, 2.05) is 0 Å². The van der Waals surface area contributed by atoms with E-state index in [4.69, 9.17) is 16.8 Å². The SMILES string of the molecule is CC(C)CC1COP([S-])N1. The van der Waals surface area contributed by atoms with Crippen molar-refractivity contribution >= 4 is 19.7 Å². The first-order chi connectivity index (χ1) is 4.68. The smallest absolute Gasteiger partial charge is 0.0657 e. The molecule has 0 radical (unpaired) electrons. The molecule has 1 heterocycles. The maximum atomic E-state index is 5.23. The Morgan fingerprint density at radius 3 is 2.90 bits per heavy atom. The van der Waals surface area contributed by atoms with Crippen LogP contribution in [-0.2, 0) is 16.8 Å². The molecule has 0 saturated carbocycles. The van der Waals surface area contributed by atoms with Crippen molar-refractivity contribution in [1.82, 2.24) is 5.09 Å². The fourth-order valence-electron chi connectivity index (χ4n) is 1.07.